The zero-order valence-electron chi connectivity index (χ0n) is 20.2. The number of aryl methyl sites for hydroxylation is 2. The van der Waals surface area contributed by atoms with Crippen LogP contribution in [-0.2, 0) is 13.0 Å². The van der Waals surface area contributed by atoms with Crippen molar-refractivity contribution in [1.29, 1.82) is 0 Å². The van der Waals surface area contributed by atoms with Crippen LogP contribution in [0.15, 0.2) is 18.2 Å². The highest BCUT2D eigenvalue weighted by Gasteiger charge is 2.28. The smallest absolute Gasteiger partial charge is 0.389 e. The molecule has 0 bridgehead atoms. The number of carbonyl (C=O) groups is 1. The number of nitrogens with zero attached hydrogens (tertiary/aromatic N) is 2. The topological polar surface area (TPSA) is 56.2 Å². The first-order chi connectivity index (χ1) is 16.5. The lowest BCUT2D eigenvalue weighted by molar-refractivity contribution is -0.134. The third kappa shape index (κ3) is 7.18. The van der Waals surface area contributed by atoms with Gasteiger partial charge in [0.2, 0.25) is 0 Å². The van der Waals surface area contributed by atoms with E-state index in [9.17, 15) is 26.7 Å². The Hall–Kier alpha value is -2.65. The van der Waals surface area contributed by atoms with E-state index in [1.54, 1.807) is 13.8 Å². The molecule has 35 heavy (non-hydrogen) atoms. The van der Waals surface area contributed by atoms with Crippen molar-refractivity contribution in [2.45, 2.75) is 78.6 Å². The van der Waals surface area contributed by atoms with Gasteiger partial charge < -0.3 is 10.1 Å². The van der Waals surface area contributed by atoms with Gasteiger partial charge in [-0.1, -0.05) is 25.8 Å². The summed E-state index contributed by atoms with van der Waals surface area (Å²) >= 11 is 0. The van der Waals surface area contributed by atoms with E-state index in [1.807, 2.05) is 0 Å². The molecule has 1 aromatic heterocycles. The van der Waals surface area contributed by atoms with Crippen molar-refractivity contribution in [1.82, 2.24) is 15.1 Å². The van der Waals surface area contributed by atoms with Crippen LogP contribution in [0.3, 0.4) is 0 Å². The maximum Gasteiger partial charge on any atom is 0.389 e. The van der Waals surface area contributed by atoms with E-state index in [-0.39, 0.29) is 34.9 Å². The van der Waals surface area contributed by atoms with Crippen molar-refractivity contribution in [3.63, 3.8) is 0 Å². The molecule has 1 N–H and O–H groups in total. The molecule has 1 fully saturated rings. The number of aromatic nitrogens is 2. The number of benzene rings is 1. The predicted octanol–water partition coefficient (Wildman–Crippen LogP) is 6.53. The SMILES string of the molecule is CCn1nc(C(=O)NCC2CCC(C)CC2)c(C)c1-c1ccc(CCC(F)(F)F)cc1OC(F)F. The summed E-state index contributed by atoms with van der Waals surface area (Å²) in [5.74, 6) is 0.531. The number of rotatable bonds is 9. The molecule has 0 radical (unpaired) electrons. The molecular weight excluding hydrogens is 469 g/mol. The minimum absolute atomic E-state index is 0.190. The van der Waals surface area contributed by atoms with Gasteiger partial charge in [0.25, 0.3) is 5.91 Å². The lowest BCUT2D eigenvalue weighted by Crippen LogP contribution is -2.31. The molecule has 0 saturated heterocycles. The summed E-state index contributed by atoms with van der Waals surface area (Å²) in [5.41, 5.74) is 1.57. The van der Waals surface area contributed by atoms with Gasteiger partial charge in [-0.2, -0.15) is 27.1 Å². The second kappa shape index (κ2) is 11.4. The lowest BCUT2D eigenvalue weighted by Gasteiger charge is -2.26. The minimum Gasteiger partial charge on any atom is -0.434 e. The fourth-order valence-electron chi connectivity index (χ4n) is 4.59. The Kier molecular flexibility index (Phi) is 8.77. The molecule has 0 unspecified atom stereocenters. The molecule has 0 atom stereocenters. The van der Waals surface area contributed by atoms with Crippen molar-refractivity contribution >= 4 is 5.91 Å². The van der Waals surface area contributed by atoms with Gasteiger partial charge in [0.05, 0.1) is 5.69 Å². The van der Waals surface area contributed by atoms with Crippen molar-refractivity contribution in [3.05, 3.63) is 35.0 Å². The maximum absolute atomic E-state index is 13.2. The Morgan fingerprint density at radius 3 is 2.51 bits per heavy atom. The number of halogens is 5. The molecule has 5 nitrogen and oxygen atoms in total. The summed E-state index contributed by atoms with van der Waals surface area (Å²) in [4.78, 5) is 12.9. The average Bonchev–Trinajstić information content (AvgIpc) is 3.12. The third-order valence-corrected chi connectivity index (χ3v) is 6.60. The number of nitrogens with one attached hydrogen (secondary N) is 1. The summed E-state index contributed by atoms with van der Waals surface area (Å²) in [5, 5.41) is 7.36. The molecule has 0 spiro atoms. The van der Waals surface area contributed by atoms with Crippen molar-refractivity contribution in [2.24, 2.45) is 11.8 Å². The third-order valence-electron chi connectivity index (χ3n) is 6.60. The van der Waals surface area contributed by atoms with Gasteiger partial charge in [-0.15, -0.1) is 0 Å². The Bertz CT molecular complexity index is 1010. The van der Waals surface area contributed by atoms with Gasteiger partial charge in [-0.3, -0.25) is 9.48 Å². The van der Waals surface area contributed by atoms with E-state index < -0.39 is 19.2 Å². The van der Waals surface area contributed by atoms with Crippen molar-refractivity contribution in [2.75, 3.05) is 6.54 Å². The Morgan fingerprint density at radius 1 is 1.23 bits per heavy atom. The molecular formula is C25H32F5N3O2. The first kappa shape index (κ1) is 26.9. The van der Waals surface area contributed by atoms with Gasteiger partial charge in [0.1, 0.15) is 5.75 Å². The van der Waals surface area contributed by atoms with Gasteiger partial charge in [-0.05, 0) is 62.6 Å². The molecule has 1 heterocycles. The largest absolute Gasteiger partial charge is 0.434 e. The highest BCUT2D eigenvalue weighted by atomic mass is 19.4. The number of ether oxygens (including phenoxy) is 1. The summed E-state index contributed by atoms with van der Waals surface area (Å²) in [7, 11) is 0. The zero-order valence-corrected chi connectivity index (χ0v) is 20.2. The van der Waals surface area contributed by atoms with Crippen molar-refractivity contribution in [3.8, 4) is 17.0 Å². The molecule has 1 saturated carbocycles. The highest BCUT2D eigenvalue weighted by molar-refractivity contribution is 5.95. The highest BCUT2D eigenvalue weighted by Crippen LogP contribution is 2.36. The number of amides is 1. The molecule has 1 aliphatic carbocycles. The van der Waals surface area contributed by atoms with E-state index in [0.29, 0.717) is 36.2 Å². The second-order valence-electron chi connectivity index (χ2n) is 9.30. The lowest BCUT2D eigenvalue weighted by atomic mass is 9.83. The normalized spacial score (nSPS) is 18.7. The number of carbonyl (C=O) groups excluding carboxylic acids is 1. The number of hydrogen-bond donors (Lipinski definition) is 1. The van der Waals surface area contributed by atoms with Crippen LogP contribution in [0.1, 0.15) is 67.6 Å². The Labute approximate surface area is 202 Å². The summed E-state index contributed by atoms with van der Waals surface area (Å²) in [6.07, 6.45) is -1.40. The molecule has 3 rings (SSSR count). The van der Waals surface area contributed by atoms with Gasteiger partial charge in [0, 0.05) is 30.6 Å². The van der Waals surface area contributed by atoms with Crippen molar-refractivity contribution < 1.29 is 31.5 Å². The van der Waals surface area contributed by atoms with Gasteiger partial charge in [0.15, 0.2) is 5.69 Å². The molecule has 1 amide bonds. The monoisotopic (exact) mass is 501 g/mol. The standard InChI is InChI=1S/C25H32F5N3O2/c1-4-33-22(16(3)21(32-33)23(34)31-14-18-7-5-15(2)6-8-18)19-10-9-17(11-12-25(28,29)30)13-20(19)35-24(26)27/h9-10,13,15,18,24H,4-8,11-12,14H2,1-3H3,(H,31,34). The van der Waals surface area contributed by atoms with Crippen LogP contribution in [-0.4, -0.2) is 35.0 Å². The van der Waals surface area contributed by atoms with E-state index in [2.05, 4.69) is 22.1 Å². The fraction of sp³-hybridized carbons (Fsp3) is 0.600. The molecule has 10 heteroatoms. The van der Waals surface area contributed by atoms with Crippen LogP contribution in [0.5, 0.6) is 5.75 Å². The minimum atomic E-state index is -4.36. The number of alkyl halides is 5. The molecule has 0 aliphatic heterocycles. The first-order valence-electron chi connectivity index (χ1n) is 12.0. The van der Waals surface area contributed by atoms with Crippen LogP contribution in [0.2, 0.25) is 0 Å². The quantitative estimate of drug-likeness (QED) is 0.398. The Balaban J connectivity index is 1.87. The van der Waals surface area contributed by atoms with Crippen LogP contribution >= 0.6 is 0 Å². The van der Waals surface area contributed by atoms with Gasteiger partial charge in [-0.25, -0.2) is 0 Å². The summed E-state index contributed by atoms with van der Waals surface area (Å²) < 4.78 is 70.4. The van der Waals surface area contributed by atoms with E-state index >= 15 is 0 Å². The first-order valence-corrected chi connectivity index (χ1v) is 12.0. The zero-order chi connectivity index (χ0) is 25.8. The van der Waals surface area contributed by atoms with Gasteiger partial charge >= 0.3 is 12.8 Å². The number of hydrogen-bond acceptors (Lipinski definition) is 3. The van der Waals surface area contributed by atoms with Crippen LogP contribution < -0.4 is 10.1 Å². The molecule has 1 aromatic carbocycles. The average molecular weight is 502 g/mol. The van der Waals surface area contributed by atoms with Crippen LogP contribution in [0.4, 0.5) is 22.0 Å². The Morgan fingerprint density at radius 2 is 1.91 bits per heavy atom. The van der Waals surface area contributed by atoms with Crippen LogP contribution in [0, 0.1) is 18.8 Å². The summed E-state index contributed by atoms with van der Waals surface area (Å²) in [6, 6.07) is 4.10. The van der Waals surface area contributed by atoms with E-state index in [4.69, 9.17) is 0 Å². The second-order valence-corrected chi connectivity index (χ2v) is 9.30. The van der Waals surface area contributed by atoms with E-state index in [1.165, 1.54) is 22.9 Å². The fourth-order valence-corrected chi connectivity index (χ4v) is 4.59. The maximum atomic E-state index is 13.2. The van der Waals surface area contributed by atoms with E-state index in [0.717, 1.165) is 25.7 Å². The van der Waals surface area contributed by atoms with Crippen LogP contribution in [0.25, 0.3) is 11.3 Å². The molecule has 1 aliphatic rings. The molecule has 2 aromatic rings. The molecule has 194 valence electrons. The summed E-state index contributed by atoms with van der Waals surface area (Å²) in [6.45, 7) is 3.44. The predicted molar refractivity (Wildman–Crippen MR) is 123 cm³/mol.